The van der Waals surface area contributed by atoms with Gasteiger partial charge < -0.3 is 10.4 Å². The Hall–Kier alpha value is -1.54. The van der Waals surface area contributed by atoms with Gasteiger partial charge in [-0.15, -0.1) is 0 Å². The number of aryl methyl sites for hydroxylation is 1. The number of aliphatic carboxylic acids is 1. The summed E-state index contributed by atoms with van der Waals surface area (Å²) >= 11 is 1.65. The molecule has 0 radical (unpaired) electrons. The van der Waals surface area contributed by atoms with Gasteiger partial charge in [0.15, 0.2) is 9.84 Å². The molecule has 0 saturated carbocycles. The number of sulfone groups is 1. The van der Waals surface area contributed by atoms with Crippen molar-refractivity contribution in [3.05, 3.63) is 28.8 Å². The summed E-state index contributed by atoms with van der Waals surface area (Å²) in [6.07, 6.45) is 1.78. The monoisotopic (exact) mass is 371 g/mol. The van der Waals surface area contributed by atoms with Crippen molar-refractivity contribution < 1.29 is 23.1 Å². The van der Waals surface area contributed by atoms with Crippen LogP contribution in [0.25, 0.3) is 0 Å². The Morgan fingerprint density at radius 3 is 2.29 bits per heavy atom. The lowest BCUT2D eigenvalue weighted by Gasteiger charge is -2.34. The Morgan fingerprint density at radius 2 is 1.79 bits per heavy atom. The molecule has 1 fully saturated rings. The minimum Gasteiger partial charge on any atom is -0.480 e. The fourth-order valence-corrected chi connectivity index (χ4v) is 4.59. The Labute approximate surface area is 145 Å². The molecule has 24 heavy (non-hydrogen) atoms. The van der Waals surface area contributed by atoms with Crippen LogP contribution >= 0.6 is 11.8 Å². The largest absolute Gasteiger partial charge is 0.480 e. The summed E-state index contributed by atoms with van der Waals surface area (Å²) < 4.78 is 23.6. The molecule has 132 valence electrons. The van der Waals surface area contributed by atoms with Crippen molar-refractivity contribution in [2.24, 2.45) is 0 Å². The first-order valence-corrected chi connectivity index (χ1v) is 10.6. The first-order chi connectivity index (χ1) is 11.1. The van der Waals surface area contributed by atoms with E-state index in [0.29, 0.717) is 35.5 Å². The van der Waals surface area contributed by atoms with E-state index in [-0.39, 0.29) is 10.5 Å². The predicted octanol–water partition coefficient (Wildman–Crippen LogP) is 1.79. The zero-order valence-corrected chi connectivity index (χ0v) is 15.5. The van der Waals surface area contributed by atoms with Gasteiger partial charge in [-0.3, -0.25) is 4.79 Å². The molecule has 2 N–H and O–H groups in total. The molecule has 1 aromatic carbocycles. The third kappa shape index (κ3) is 3.75. The van der Waals surface area contributed by atoms with E-state index in [1.54, 1.807) is 25.6 Å². The molecule has 1 heterocycles. The molecule has 0 atom stereocenters. The maximum Gasteiger partial charge on any atom is 0.329 e. The van der Waals surface area contributed by atoms with Crippen molar-refractivity contribution in [2.45, 2.75) is 37.1 Å². The SMILES string of the molecule is Cc1cc(S(C)(=O)=O)cc(C(=O)NC2(C(=O)O)CCSCC2)c1C. The molecule has 0 aliphatic carbocycles. The molecule has 0 spiro atoms. The first-order valence-electron chi connectivity index (χ1n) is 7.52. The van der Waals surface area contributed by atoms with E-state index < -0.39 is 27.3 Å². The van der Waals surface area contributed by atoms with Crippen molar-refractivity contribution in [1.82, 2.24) is 5.32 Å². The number of rotatable bonds is 4. The molecular weight excluding hydrogens is 350 g/mol. The minimum absolute atomic E-state index is 0.0549. The number of hydrogen-bond acceptors (Lipinski definition) is 5. The van der Waals surface area contributed by atoms with Crippen LogP contribution in [0.4, 0.5) is 0 Å². The van der Waals surface area contributed by atoms with Crippen molar-refractivity contribution in [3.63, 3.8) is 0 Å². The molecule has 0 aromatic heterocycles. The van der Waals surface area contributed by atoms with Crippen LogP contribution in [0, 0.1) is 13.8 Å². The van der Waals surface area contributed by atoms with E-state index in [2.05, 4.69) is 5.32 Å². The second kappa shape index (κ2) is 6.76. The van der Waals surface area contributed by atoms with E-state index >= 15 is 0 Å². The third-order valence-corrected chi connectivity index (χ3v) is 6.50. The maximum absolute atomic E-state index is 12.7. The number of hydrogen-bond donors (Lipinski definition) is 2. The summed E-state index contributed by atoms with van der Waals surface area (Å²) in [5.41, 5.74) is 0.232. The lowest BCUT2D eigenvalue weighted by molar-refractivity contribution is -0.144. The lowest BCUT2D eigenvalue weighted by Crippen LogP contribution is -2.56. The van der Waals surface area contributed by atoms with Gasteiger partial charge in [0.25, 0.3) is 5.91 Å². The van der Waals surface area contributed by atoms with Gasteiger partial charge in [-0.05, 0) is 61.5 Å². The lowest BCUT2D eigenvalue weighted by atomic mass is 9.91. The van der Waals surface area contributed by atoms with Gasteiger partial charge in [0.1, 0.15) is 5.54 Å². The highest BCUT2D eigenvalue weighted by molar-refractivity contribution is 7.99. The first kappa shape index (κ1) is 18.8. The molecule has 1 aromatic rings. The van der Waals surface area contributed by atoms with Gasteiger partial charge in [0.2, 0.25) is 0 Å². The smallest absolute Gasteiger partial charge is 0.329 e. The Bertz CT molecular complexity index is 780. The van der Waals surface area contributed by atoms with Gasteiger partial charge in [-0.2, -0.15) is 11.8 Å². The highest BCUT2D eigenvalue weighted by Crippen LogP contribution is 2.28. The van der Waals surface area contributed by atoms with E-state index in [9.17, 15) is 23.1 Å². The summed E-state index contributed by atoms with van der Waals surface area (Å²) in [5.74, 6) is -0.276. The number of nitrogens with one attached hydrogen (secondary N) is 1. The topological polar surface area (TPSA) is 101 Å². The van der Waals surface area contributed by atoms with Gasteiger partial charge in [0.05, 0.1) is 4.90 Å². The highest BCUT2D eigenvalue weighted by Gasteiger charge is 2.41. The molecule has 1 saturated heterocycles. The van der Waals surface area contributed by atoms with Crippen LogP contribution in [0.15, 0.2) is 17.0 Å². The zero-order valence-electron chi connectivity index (χ0n) is 13.9. The van der Waals surface area contributed by atoms with Crippen LogP contribution in [0.1, 0.15) is 34.3 Å². The molecule has 1 aliphatic rings. The Balaban J connectivity index is 2.42. The standard InChI is InChI=1S/C16H21NO5S2/c1-10-8-12(24(3,21)22)9-13(11(10)2)14(18)17-16(15(19)20)4-6-23-7-5-16/h8-9H,4-7H2,1-3H3,(H,17,18)(H,19,20). The van der Waals surface area contributed by atoms with Crippen LogP contribution in [0.2, 0.25) is 0 Å². The normalized spacial score (nSPS) is 17.3. The van der Waals surface area contributed by atoms with Gasteiger partial charge in [0, 0.05) is 11.8 Å². The minimum atomic E-state index is -3.46. The predicted molar refractivity (Wildman–Crippen MR) is 93.4 cm³/mol. The van der Waals surface area contributed by atoms with E-state index in [0.717, 1.165) is 6.26 Å². The third-order valence-electron chi connectivity index (χ3n) is 4.42. The maximum atomic E-state index is 12.7. The average molecular weight is 371 g/mol. The van der Waals surface area contributed by atoms with Crippen LogP contribution in [-0.4, -0.2) is 48.7 Å². The second-order valence-corrected chi connectivity index (χ2v) is 9.38. The van der Waals surface area contributed by atoms with Gasteiger partial charge >= 0.3 is 5.97 Å². The molecule has 1 aliphatic heterocycles. The number of thioether (sulfide) groups is 1. The number of benzene rings is 1. The number of carbonyl (C=O) groups excluding carboxylic acids is 1. The molecule has 6 nitrogen and oxygen atoms in total. The van der Waals surface area contributed by atoms with Crippen LogP contribution < -0.4 is 5.32 Å². The van der Waals surface area contributed by atoms with Crippen molar-refractivity contribution in [3.8, 4) is 0 Å². The van der Waals surface area contributed by atoms with Crippen LogP contribution in [0.5, 0.6) is 0 Å². The zero-order chi connectivity index (χ0) is 18.1. The van der Waals surface area contributed by atoms with E-state index in [1.807, 2.05) is 0 Å². The van der Waals surface area contributed by atoms with Gasteiger partial charge in [-0.25, -0.2) is 13.2 Å². The number of carboxylic acid groups (broad SMARTS) is 1. The summed E-state index contributed by atoms with van der Waals surface area (Å²) in [6.45, 7) is 3.45. The fourth-order valence-electron chi connectivity index (χ4n) is 2.67. The van der Waals surface area contributed by atoms with Crippen molar-refractivity contribution >= 4 is 33.5 Å². The van der Waals surface area contributed by atoms with Crippen molar-refractivity contribution in [1.29, 1.82) is 0 Å². The molecular formula is C16H21NO5S2. The Morgan fingerprint density at radius 1 is 1.21 bits per heavy atom. The molecule has 2 rings (SSSR count). The number of carbonyl (C=O) groups is 2. The van der Waals surface area contributed by atoms with E-state index in [1.165, 1.54) is 12.1 Å². The van der Waals surface area contributed by atoms with Crippen LogP contribution in [-0.2, 0) is 14.6 Å². The molecule has 0 bridgehead atoms. The average Bonchev–Trinajstić information content (AvgIpc) is 2.49. The van der Waals surface area contributed by atoms with Crippen LogP contribution in [0.3, 0.4) is 0 Å². The summed E-state index contributed by atoms with van der Waals surface area (Å²) in [4.78, 5) is 24.5. The number of amides is 1. The van der Waals surface area contributed by atoms with Crippen molar-refractivity contribution in [2.75, 3.05) is 17.8 Å². The highest BCUT2D eigenvalue weighted by atomic mass is 32.2. The summed E-state index contributed by atoms with van der Waals surface area (Å²) in [6, 6.07) is 2.84. The number of carboxylic acids is 1. The van der Waals surface area contributed by atoms with E-state index in [4.69, 9.17) is 0 Å². The Kier molecular flexibility index (Phi) is 5.29. The quantitative estimate of drug-likeness (QED) is 0.837. The summed E-state index contributed by atoms with van der Waals surface area (Å²) in [7, 11) is -3.46. The van der Waals surface area contributed by atoms with Gasteiger partial charge in [-0.1, -0.05) is 0 Å². The molecule has 8 heteroatoms. The fraction of sp³-hybridized carbons (Fsp3) is 0.500. The molecule has 1 amide bonds. The second-order valence-electron chi connectivity index (χ2n) is 6.14. The summed E-state index contributed by atoms with van der Waals surface area (Å²) in [5, 5.41) is 12.2. The molecule has 0 unspecified atom stereocenters.